The standard InChI is InChI=1S/C14H29N3O/c1-11(10-17-8-6-5-7-9-17)16-13(18)12(15)14(2,3)4/h11-12H,5-10,15H2,1-4H3,(H,16,18)/t11?,12-/m1/s1. The van der Waals surface area contributed by atoms with Gasteiger partial charge in [0.05, 0.1) is 6.04 Å². The third kappa shape index (κ3) is 4.94. The highest BCUT2D eigenvalue weighted by atomic mass is 16.2. The number of nitrogens with one attached hydrogen (secondary N) is 1. The Balaban J connectivity index is 2.34. The summed E-state index contributed by atoms with van der Waals surface area (Å²) < 4.78 is 0. The van der Waals surface area contributed by atoms with E-state index in [-0.39, 0.29) is 17.4 Å². The van der Waals surface area contributed by atoms with Gasteiger partial charge >= 0.3 is 0 Å². The van der Waals surface area contributed by atoms with Crippen LogP contribution in [-0.4, -0.2) is 42.5 Å². The van der Waals surface area contributed by atoms with Gasteiger partial charge < -0.3 is 16.0 Å². The van der Waals surface area contributed by atoms with Crippen LogP contribution >= 0.6 is 0 Å². The first-order valence-corrected chi connectivity index (χ1v) is 7.09. The number of nitrogens with two attached hydrogens (primary N) is 1. The van der Waals surface area contributed by atoms with E-state index < -0.39 is 6.04 Å². The normalized spacial score (nSPS) is 21.4. The molecule has 4 heteroatoms. The highest BCUT2D eigenvalue weighted by Gasteiger charge is 2.28. The Morgan fingerprint density at radius 3 is 2.33 bits per heavy atom. The van der Waals surface area contributed by atoms with Crippen LogP contribution in [0.3, 0.4) is 0 Å². The molecule has 0 bridgehead atoms. The van der Waals surface area contributed by atoms with E-state index in [9.17, 15) is 4.79 Å². The van der Waals surface area contributed by atoms with Crippen molar-refractivity contribution < 1.29 is 4.79 Å². The van der Waals surface area contributed by atoms with E-state index in [0.717, 1.165) is 19.6 Å². The van der Waals surface area contributed by atoms with Crippen molar-refractivity contribution in [3.63, 3.8) is 0 Å². The fourth-order valence-corrected chi connectivity index (χ4v) is 2.30. The predicted octanol–water partition coefficient (Wildman–Crippen LogP) is 1.35. The SMILES string of the molecule is CC(CN1CCCCC1)NC(=O)[C@@H](N)C(C)(C)C. The van der Waals surface area contributed by atoms with Gasteiger partial charge in [0.15, 0.2) is 0 Å². The van der Waals surface area contributed by atoms with Gasteiger partial charge in [-0.3, -0.25) is 4.79 Å². The van der Waals surface area contributed by atoms with Crippen molar-refractivity contribution in [1.82, 2.24) is 10.2 Å². The lowest BCUT2D eigenvalue weighted by atomic mass is 9.87. The first-order chi connectivity index (χ1) is 8.30. The fourth-order valence-electron chi connectivity index (χ4n) is 2.30. The van der Waals surface area contributed by atoms with Gasteiger partial charge in [-0.2, -0.15) is 0 Å². The predicted molar refractivity (Wildman–Crippen MR) is 75.3 cm³/mol. The Kier molecular flexibility index (Phi) is 5.60. The summed E-state index contributed by atoms with van der Waals surface area (Å²) in [6.07, 6.45) is 3.90. The zero-order valence-corrected chi connectivity index (χ0v) is 12.3. The van der Waals surface area contributed by atoms with E-state index in [1.807, 2.05) is 20.8 Å². The van der Waals surface area contributed by atoms with Crippen LogP contribution in [0.15, 0.2) is 0 Å². The molecule has 1 amide bonds. The third-order valence-electron chi connectivity index (χ3n) is 3.58. The molecule has 1 saturated heterocycles. The van der Waals surface area contributed by atoms with Gasteiger partial charge in [-0.15, -0.1) is 0 Å². The Labute approximate surface area is 111 Å². The molecule has 2 atom stereocenters. The van der Waals surface area contributed by atoms with Crippen molar-refractivity contribution in [2.75, 3.05) is 19.6 Å². The number of hydrogen-bond donors (Lipinski definition) is 2. The van der Waals surface area contributed by atoms with Crippen molar-refractivity contribution in [3.05, 3.63) is 0 Å². The van der Waals surface area contributed by atoms with Crippen LogP contribution in [-0.2, 0) is 4.79 Å². The molecular formula is C14H29N3O. The van der Waals surface area contributed by atoms with Gasteiger partial charge in [0, 0.05) is 12.6 Å². The number of nitrogens with zero attached hydrogens (tertiary/aromatic N) is 1. The zero-order valence-electron chi connectivity index (χ0n) is 12.3. The summed E-state index contributed by atoms with van der Waals surface area (Å²) in [5.41, 5.74) is 5.76. The average molecular weight is 255 g/mol. The van der Waals surface area contributed by atoms with E-state index >= 15 is 0 Å². The Morgan fingerprint density at radius 2 is 1.83 bits per heavy atom. The molecule has 0 saturated carbocycles. The molecule has 0 radical (unpaired) electrons. The lowest BCUT2D eigenvalue weighted by molar-refractivity contribution is -0.125. The lowest BCUT2D eigenvalue weighted by Crippen LogP contribution is -2.53. The van der Waals surface area contributed by atoms with Crippen LogP contribution in [0.1, 0.15) is 47.0 Å². The van der Waals surface area contributed by atoms with Crippen molar-refractivity contribution in [2.24, 2.45) is 11.1 Å². The summed E-state index contributed by atoms with van der Waals surface area (Å²) >= 11 is 0. The van der Waals surface area contributed by atoms with Crippen molar-refractivity contribution in [2.45, 2.75) is 59.0 Å². The number of piperidine rings is 1. The Hall–Kier alpha value is -0.610. The second-order valence-electron chi connectivity index (χ2n) is 6.61. The van der Waals surface area contributed by atoms with E-state index in [1.54, 1.807) is 0 Å². The minimum Gasteiger partial charge on any atom is -0.351 e. The average Bonchev–Trinajstić information content (AvgIpc) is 2.27. The van der Waals surface area contributed by atoms with Crippen LogP contribution in [0.5, 0.6) is 0 Å². The number of likely N-dealkylation sites (tertiary alicyclic amines) is 1. The van der Waals surface area contributed by atoms with Gasteiger partial charge in [-0.25, -0.2) is 0 Å². The maximum atomic E-state index is 12.0. The molecule has 1 rings (SSSR count). The number of amides is 1. The summed E-state index contributed by atoms with van der Waals surface area (Å²) in [6, 6.07) is -0.273. The molecule has 0 spiro atoms. The molecular weight excluding hydrogens is 226 g/mol. The number of hydrogen-bond acceptors (Lipinski definition) is 3. The van der Waals surface area contributed by atoms with Crippen LogP contribution in [0, 0.1) is 5.41 Å². The minimum atomic E-state index is -0.443. The second kappa shape index (κ2) is 6.53. The van der Waals surface area contributed by atoms with E-state index in [1.165, 1.54) is 19.3 Å². The molecule has 4 nitrogen and oxygen atoms in total. The van der Waals surface area contributed by atoms with Crippen molar-refractivity contribution in [3.8, 4) is 0 Å². The summed E-state index contributed by atoms with van der Waals surface area (Å²) in [7, 11) is 0. The zero-order chi connectivity index (χ0) is 13.8. The lowest BCUT2D eigenvalue weighted by Gasteiger charge is -2.31. The summed E-state index contributed by atoms with van der Waals surface area (Å²) in [5.74, 6) is -0.0352. The second-order valence-corrected chi connectivity index (χ2v) is 6.61. The molecule has 0 aliphatic carbocycles. The molecule has 0 aromatic rings. The molecule has 18 heavy (non-hydrogen) atoms. The maximum absolute atomic E-state index is 12.0. The maximum Gasteiger partial charge on any atom is 0.237 e. The smallest absolute Gasteiger partial charge is 0.237 e. The number of carbonyl (C=O) groups is 1. The van der Waals surface area contributed by atoms with Gasteiger partial charge in [-0.05, 0) is 38.3 Å². The molecule has 0 aromatic carbocycles. The first-order valence-electron chi connectivity index (χ1n) is 7.09. The molecule has 1 fully saturated rings. The van der Waals surface area contributed by atoms with E-state index in [4.69, 9.17) is 5.73 Å². The van der Waals surface area contributed by atoms with Crippen molar-refractivity contribution in [1.29, 1.82) is 0 Å². The van der Waals surface area contributed by atoms with Gasteiger partial charge in [0.2, 0.25) is 5.91 Å². The van der Waals surface area contributed by atoms with Crippen LogP contribution in [0.25, 0.3) is 0 Å². The van der Waals surface area contributed by atoms with Gasteiger partial charge in [0.25, 0.3) is 0 Å². The third-order valence-corrected chi connectivity index (χ3v) is 3.58. The van der Waals surface area contributed by atoms with Crippen LogP contribution < -0.4 is 11.1 Å². The largest absolute Gasteiger partial charge is 0.351 e. The Morgan fingerprint density at radius 1 is 1.28 bits per heavy atom. The van der Waals surface area contributed by atoms with Crippen LogP contribution in [0.2, 0.25) is 0 Å². The molecule has 1 aliphatic rings. The summed E-state index contributed by atoms with van der Waals surface area (Å²) in [6.45, 7) is 11.3. The number of rotatable bonds is 4. The summed E-state index contributed by atoms with van der Waals surface area (Å²) in [4.78, 5) is 14.4. The molecule has 1 aliphatic heterocycles. The monoisotopic (exact) mass is 255 g/mol. The van der Waals surface area contributed by atoms with E-state index in [2.05, 4.69) is 17.1 Å². The minimum absolute atomic E-state index is 0.0352. The molecule has 106 valence electrons. The van der Waals surface area contributed by atoms with Gasteiger partial charge in [0.1, 0.15) is 0 Å². The van der Waals surface area contributed by atoms with E-state index in [0.29, 0.717) is 0 Å². The van der Waals surface area contributed by atoms with Crippen LogP contribution in [0.4, 0.5) is 0 Å². The fraction of sp³-hybridized carbons (Fsp3) is 0.929. The highest BCUT2D eigenvalue weighted by Crippen LogP contribution is 2.17. The first kappa shape index (κ1) is 15.4. The van der Waals surface area contributed by atoms with Crippen molar-refractivity contribution >= 4 is 5.91 Å². The molecule has 0 aromatic heterocycles. The highest BCUT2D eigenvalue weighted by molar-refractivity contribution is 5.82. The number of carbonyl (C=O) groups excluding carboxylic acids is 1. The van der Waals surface area contributed by atoms with Gasteiger partial charge in [-0.1, -0.05) is 27.2 Å². The molecule has 1 heterocycles. The topological polar surface area (TPSA) is 58.4 Å². The quantitative estimate of drug-likeness (QED) is 0.797. The Bertz CT molecular complexity index is 267. The summed E-state index contributed by atoms with van der Waals surface area (Å²) in [5, 5.41) is 3.03. The molecule has 3 N–H and O–H groups in total. The molecule has 1 unspecified atom stereocenters.